The van der Waals surface area contributed by atoms with E-state index in [9.17, 15) is 4.39 Å². The standard InChI is InChI=1S/C15H17ClFN3/c1-9-4-3-5-10(6-9)8-20(2)15-12(19)7-11(18)13(16)14(15)17/h3-7H,8,18-19H2,1-2H3. The molecule has 4 N–H and O–H groups in total. The monoisotopic (exact) mass is 293 g/mol. The lowest BCUT2D eigenvalue weighted by Gasteiger charge is -2.23. The Kier molecular flexibility index (Phi) is 4.04. The van der Waals surface area contributed by atoms with Crippen molar-refractivity contribution in [3.05, 3.63) is 52.3 Å². The van der Waals surface area contributed by atoms with E-state index in [1.807, 2.05) is 31.2 Å². The lowest BCUT2D eigenvalue weighted by Crippen LogP contribution is -2.19. The van der Waals surface area contributed by atoms with Crippen molar-refractivity contribution in [2.45, 2.75) is 13.5 Å². The number of hydrogen-bond acceptors (Lipinski definition) is 3. The Bertz CT molecular complexity index is 643. The molecule has 5 heteroatoms. The van der Waals surface area contributed by atoms with E-state index in [4.69, 9.17) is 23.1 Å². The first-order valence-corrected chi connectivity index (χ1v) is 6.57. The molecule has 0 aliphatic heterocycles. The molecule has 0 heterocycles. The van der Waals surface area contributed by atoms with Gasteiger partial charge in [-0.2, -0.15) is 0 Å². The van der Waals surface area contributed by atoms with E-state index in [1.165, 1.54) is 6.07 Å². The van der Waals surface area contributed by atoms with Crippen molar-refractivity contribution in [3.63, 3.8) is 0 Å². The first-order chi connectivity index (χ1) is 9.40. The maximum atomic E-state index is 14.2. The summed E-state index contributed by atoms with van der Waals surface area (Å²) in [7, 11) is 1.77. The van der Waals surface area contributed by atoms with Crippen LogP contribution in [-0.2, 0) is 6.54 Å². The number of halogens is 2. The Morgan fingerprint density at radius 3 is 2.55 bits per heavy atom. The van der Waals surface area contributed by atoms with Gasteiger partial charge in [-0.25, -0.2) is 4.39 Å². The van der Waals surface area contributed by atoms with Gasteiger partial charge in [-0.1, -0.05) is 41.4 Å². The second-order valence-electron chi connectivity index (χ2n) is 4.88. The number of nitrogen functional groups attached to an aromatic ring is 2. The summed E-state index contributed by atoms with van der Waals surface area (Å²) in [6, 6.07) is 9.49. The van der Waals surface area contributed by atoms with Crippen LogP contribution in [0.25, 0.3) is 0 Å². The van der Waals surface area contributed by atoms with Crippen molar-refractivity contribution in [2.24, 2.45) is 0 Å². The number of nitrogens with two attached hydrogens (primary N) is 2. The second kappa shape index (κ2) is 5.59. The molecule has 20 heavy (non-hydrogen) atoms. The van der Waals surface area contributed by atoms with Gasteiger partial charge in [0.15, 0.2) is 5.82 Å². The summed E-state index contributed by atoms with van der Waals surface area (Å²) < 4.78 is 14.2. The third kappa shape index (κ3) is 2.80. The summed E-state index contributed by atoms with van der Waals surface area (Å²) in [5, 5.41) is -0.0923. The van der Waals surface area contributed by atoms with Crippen molar-refractivity contribution in [1.29, 1.82) is 0 Å². The summed E-state index contributed by atoms with van der Waals surface area (Å²) in [6.45, 7) is 2.54. The molecule has 0 amide bonds. The van der Waals surface area contributed by atoms with Gasteiger partial charge in [0.2, 0.25) is 0 Å². The number of aryl methyl sites for hydroxylation is 1. The molecule has 2 aromatic rings. The van der Waals surface area contributed by atoms with Crippen LogP contribution < -0.4 is 16.4 Å². The summed E-state index contributed by atoms with van der Waals surface area (Å²) >= 11 is 5.84. The fourth-order valence-corrected chi connectivity index (χ4v) is 2.35. The number of anilines is 3. The molecular weight excluding hydrogens is 277 g/mol. The highest BCUT2D eigenvalue weighted by Crippen LogP contribution is 2.36. The molecule has 106 valence electrons. The van der Waals surface area contributed by atoms with E-state index < -0.39 is 5.82 Å². The predicted octanol–water partition coefficient (Wildman–Crippen LogP) is 3.59. The maximum Gasteiger partial charge on any atom is 0.169 e. The largest absolute Gasteiger partial charge is 0.397 e. The quantitative estimate of drug-likeness (QED) is 0.850. The minimum absolute atomic E-state index is 0.0923. The normalized spacial score (nSPS) is 10.6. The molecule has 0 atom stereocenters. The Morgan fingerprint density at radius 1 is 1.20 bits per heavy atom. The molecule has 3 nitrogen and oxygen atoms in total. The van der Waals surface area contributed by atoms with Crippen molar-refractivity contribution in [2.75, 3.05) is 23.4 Å². The van der Waals surface area contributed by atoms with Crippen LogP contribution in [0.2, 0.25) is 5.02 Å². The van der Waals surface area contributed by atoms with E-state index in [1.54, 1.807) is 11.9 Å². The Balaban J connectivity index is 2.34. The smallest absolute Gasteiger partial charge is 0.169 e. The molecule has 0 unspecified atom stereocenters. The molecule has 0 aliphatic rings. The van der Waals surface area contributed by atoms with Crippen LogP contribution in [0.4, 0.5) is 21.5 Å². The third-order valence-electron chi connectivity index (χ3n) is 3.12. The molecular formula is C15H17ClFN3. The molecule has 0 spiro atoms. The number of hydrogen-bond donors (Lipinski definition) is 2. The highest BCUT2D eigenvalue weighted by molar-refractivity contribution is 6.33. The van der Waals surface area contributed by atoms with Crippen LogP contribution in [0.1, 0.15) is 11.1 Å². The van der Waals surface area contributed by atoms with Gasteiger partial charge in [0.05, 0.1) is 17.1 Å². The van der Waals surface area contributed by atoms with Crippen LogP contribution in [0, 0.1) is 12.7 Å². The van der Waals surface area contributed by atoms with E-state index in [0.717, 1.165) is 11.1 Å². The fraction of sp³-hybridized carbons (Fsp3) is 0.200. The third-order valence-corrected chi connectivity index (χ3v) is 3.51. The van der Waals surface area contributed by atoms with Crippen molar-refractivity contribution in [1.82, 2.24) is 0 Å². The molecule has 2 rings (SSSR count). The van der Waals surface area contributed by atoms with Gasteiger partial charge >= 0.3 is 0 Å². The molecule has 2 aromatic carbocycles. The van der Waals surface area contributed by atoms with Crippen LogP contribution in [0.5, 0.6) is 0 Å². The number of benzene rings is 2. The summed E-state index contributed by atoms with van der Waals surface area (Å²) in [6.07, 6.45) is 0. The first-order valence-electron chi connectivity index (χ1n) is 6.19. The van der Waals surface area contributed by atoms with E-state index >= 15 is 0 Å². The topological polar surface area (TPSA) is 55.3 Å². The van der Waals surface area contributed by atoms with Gasteiger partial charge in [-0.05, 0) is 18.6 Å². The van der Waals surface area contributed by atoms with Gasteiger partial charge < -0.3 is 16.4 Å². The highest BCUT2D eigenvalue weighted by atomic mass is 35.5. The zero-order valence-corrected chi connectivity index (χ0v) is 12.2. The van der Waals surface area contributed by atoms with Crippen molar-refractivity contribution >= 4 is 28.7 Å². The average molecular weight is 294 g/mol. The Morgan fingerprint density at radius 2 is 1.90 bits per heavy atom. The molecule has 0 aromatic heterocycles. The number of rotatable bonds is 3. The predicted molar refractivity (Wildman–Crippen MR) is 83.5 cm³/mol. The highest BCUT2D eigenvalue weighted by Gasteiger charge is 2.17. The first kappa shape index (κ1) is 14.5. The van der Waals surface area contributed by atoms with Gasteiger partial charge in [-0.3, -0.25) is 0 Å². The SMILES string of the molecule is Cc1cccc(CN(C)c2c(N)cc(N)c(Cl)c2F)c1. The minimum Gasteiger partial charge on any atom is -0.397 e. The lowest BCUT2D eigenvalue weighted by molar-refractivity contribution is 0.624. The van der Waals surface area contributed by atoms with Crippen LogP contribution in [0.3, 0.4) is 0 Å². The minimum atomic E-state index is -0.584. The zero-order chi connectivity index (χ0) is 14.9. The second-order valence-corrected chi connectivity index (χ2v) is 5.25. The molecule has 0 radical (unpaired) electrons. The van der Waals surface area contributed by atoms with Crippen LogP contribution in [0.15, 0.2) is 30.3 Å². The van der Waals surface area contributed by atoms with E-state index in [2.05, 4.69) is 0 Å². The molecule has 0 aliphatic carbocycles. The molecule has 0 saturated heterocycles. The molecule has 0 saturated carbocycles. The van der Waals surface area contributed by atoms with Gasteiger partial charge in [0.1, 0.15) is 5.02 Å². The van der Waals surface area contributed by atoms with Gasteiger partial charge in [0, 0.05) is 13.6 Å². The van der Waals surface area contributed by atoms with Crippen LogP contribution >= 0.6 is 11.6 Å². The Labute approximate surface area is 122 Å². The summed E-state index contributed by atoms with van der Waals surface area (Å²) in [4.78, 5) is 1.73. The van der Waals surface area contributed by atoms with Crippen LogP contribution in [-0.4, -0.2) is 7.05 Å². The summed E-state index contributed by atoms with van der Waals surface area (Å²) in [5.41, 5.74) is 14.4. The lowest BCUT2D eigenvalue weighted by atomic mass is 10.1. The maximum absolute atomic E-state index is 14.2. The van der Waals surface area contributed by atoms with E-state index in [-0.39, 0.29) is 22.1 Å². The fourth-order valence-electron chi connectivity index (χ4n) is 2.21. The number of nitrogens with zero attached hydrogens (tertiary/aromatic N) is 1. The zero-order valence-electron chi connectivity index (χ0n) is 11.5. The summed E-state index contributed by atoms with van der Waals surface area (Å²) in [5.74, 6) is -0.584. The van der Waals surface area contributed by atoms with Gasteiger partial charge in [-0.15, -0.1) is 0 Å². The molecule has 0 fully saturated rings. The average Bonchev–Trinajstić information content (AvgIpc) is 2.36. The van der Waals surface area contributed by atoms with E-state index in [0.29, 0.717) is 6.54 Å². The molecule has 0 bridgehead atoms. The Hall–Kier alpha value is -1.94. The van der Waals surface area contributed by atoms with Gasteiger partial charge in [0.25, 0.3) is 0 Å². The van der Waals surface area contributed by atoms with Crippen molar-refractivity contribution < 1.29 is 4.39 Å². The van der Waals surface area contributed by atoms with Crippen molar-refractivity contribution in [3.8, 4) is 0 Å².